The van der Waals surface area contributed by atoms with Crippen molar-refractivity contribution in [1.82, 2.24) is 9.97 Å². The monoisotopic (exact) mass is 304 g/mol. The van der Waals surface area contributed by atoms with E-state index in [1.165, 1.54) is 0 Å². The molecule has 0 fully saturated rings. The van der Waals surface area contributed by atoms with Gasteiger partial charge in [0, 0.05) is 11.1 Å². The number of carbonyl (C=O) groups excluding carboxylic acids is 1. The highest BCUT2D eigenvalue weighted by molar-refractivity contribution is 6.15. The summed E-state index contributed by atoms with van der Waals surface area (Å²) in [6.45, 7) is 0. The minimum absolute atomic E-state index is 0.0947. The topological polar surface area (TPSA) is 120 Å². The van der Waals surface area contributed by atoms with Gasteiger partial charge in [0.2, 0.25) is 0 Å². The number of aliphatic hydroxyl groups excluding tert-OH is 1. The van der Waals surface area contributed by atoms with Crippen molar-refractivity contribution in [1.29, 1.82) is 10.5 Å². The van der Waals surface area contributed by atoms with Crippen LogP contribution in [0.15, 0.2) is 24.3 Å². The zero-order valence-corrected chi connectivity index (χ0v) is 11.9. The van der Waals surface area contributed by atoms with Crippen molar-refractivity contribution in [3.8, 4) is 23.4 Å². The fourth-order valence-electron chi connectivity index (χ4n) is 2.36. The van der Waals surface area contributed by atoms with E-state index in [4.69, 9.17) is 0 Å². The summed E-state index contributed by atoms with van der Waals surface area (Å²) in [5.41, 5.74) is 0.803. The van der Waals surface area contributed by atoms with E-state index in [0.29, 0.717) is 16.8 Å². The molecule has 0 aliphatic heterocycles. The molecular formula is C16H8N4O3. The number of hydrogen-bond acceptors (Lipinski definition) is 7. The average molecular weight is 304 g/mol. The summed E-state index contributed by atoms with van der Waals surface area (Å²) in [6.07, 6.45) is 0. The van der Waals surface area contributed by atoms with Crippen LogP contribution in [0.2, 0.25) is 0 Å². The van der Waals surface area contributed by atoms with Crippen LogP contribution in [0.1, 0.15) is 11.3 Å². The zero-order chi connectivity index (χ0) is 16.6. The number of hydrogen-bond donors (Lipinski definition) is 1. The van der Waals surface area contributed by atoms with Crippen LogP contribution in [0.25, 0.3) is 22.6 Å². The molecule has 1 aliphatic carbocycles. The highest BCUT2D eigenvalue weighted by atomic mass is 16.5. The van der Waals surface area contributed by atoms with Gasteiger partial charge in [-0.2, -0.15) is 10.5 Å². The first-order valence-electron chi connectivity index (χ1n) is 6.46. The van der Waals surface area contributed by atoms with Crippen molar-refractivity contribution < 1.29 is 14.6 Å². The predicted molar refractivity (Wildman–Crippen MR) is 77.6 cm³/mol. The van der Waals surface area contributed by atoms with Crippen molar-refractivity contribution >= 4 is 17.3 Å². The molecule has 110 valence electrons. The number of carbonyl (C=O) groups is 1. The molecule has 1 N–H and O–H groups in total. The quantitative estimate of drug-likeness (QED) is 0.730. The Hall–Kier alpha value is -3.71. The minimum Gasteiger partial charge on any atom is -0.505 e. The summed E-state index contributed by atoms with van der Waals surface area (Å²) in [6, 6.07) is 10.4. The molecule has 0 spiro atoms. The van der Waals surface area contributed by atoms with Crippen molar-refractivity contribution in [2.24, 2.45) is 0 Å². The van der Waals surface area contributed by atoms with Crippen LogP contribution in [0.5, 0.6) is 0 Å². The maximum Gasteiger partial charge on any atom is 0.350 e. The summed E-state index contributed by atoms with van der Waals surface area (Å²) in [5, 5.41) is 28.6. The third-order valence-corrected chi connectivity index (χ3v) is 3.40. The van der Waals surface area contributed by atoms with Crippen LogP contribution in [-0.2, 0) is 9.53 Å². The Morgan fingerprint density at radius 2 is 1.91 bits per heavy atom. The molecule has 3 rings (SSSR count). The van der Waals surface area contributed by atoms with Gasteiger partial charge in [0.25, 0.3) is 0 Å². The Morgan fingerprint density at radius 1 is 1.22 bits per heavy atom. The van der Waals surface area contributed by atoms with E-state index in [-0.39, 0.29) is 22.2 Å². The average Bonchev–Trinajstić information content (AvgIpc) is 2.87. The van der Waals surface area contributed by atoms with Crippen molar-refractivity contribution in [2.75, 3.05) is 7.11 Å². The maximum atomic E-state index is 11.7. The van der Waals surface area contributed by atoms with E-state index in [1.807, 2.05) is 0 Å². The number of ether oxygens (including phenoxy) is 1. The third-order valence-electron chi connectivity index (χ3n) is 3.40. The summed E-state index contributed by atoms with van der Waals surface area (Å²) in [4.78, 5) is 20.0. The number of rotatable bonds is 1. The van der Waals surface area contributed by atoms with Gasteiger partial charge in [0.1, 0.15) is 28.5 Å². The standard InChI is InChI=1S/C16H8N4O3/c1-23-16(22)10(6-17)12-11(7-18)19-14-13(20-12)8-4-2-3-5-9(8)15(14)21/h2-5,21H,1H3/b12-10-. The second-order valence-corrected chi connectivity index (χ2v) is 4.60. The summed E-state index contributed by atoms with van der Waals surface area (Å²) >= 11 is 0. The molecule has 0 saturated carbocycles. The van der Waals surface area contributed by atoms with Gasteiger partial charge in [0.15, 0.2) is 17.0 Å². The minimum atomic E-state index is -0.905. The second-order valence-electron chi connectivity index (χ2n) is 4.60. The highest BCUT2D eigenvalue weighted by Gasteiger charge is 2.24. The van der Waals surface area contributed by atoms with Gasteiger partial charge in [-0.05, 0) is 0 Å². The lowest BCUT2D eigenvalue weighted by Crippen LogP contribution is -2.28. The SMILES string of the molecule is COC(=O)/C(C#N)=c1\nc2c(nc1C#N)=C(O)c1ccccc1-2. The fourth-order valence-corrected chi connectivity index (χ4v) is 2.36. The number of nitrogens with zero attached hydrogens (tertiary/aromatic N) is 4. The number of aromatic nitrogens is 2. The van der Waals surface area contributed by atoms with E-state index in [2.05, 4.69) is 14.7 Å². The van der Waals surface area contributed by atoms with Crippen LogP contribution < -0.4 is 10.7 Å². The van der Waals surface area contributed by atoms with Crippen LogP contribution in [0, 0.1) is 22.7 Å². The van der Waals surface area contributed by atoms with Gasteiger partial charge in [-0.25, -0.2) is 14.8 Å². The highest BCUT2D eigenvalue weighted by Crippen LogP contribution is 2.27. The first-order valence-corrected chi connectivity index (χ1v) is 6.46. The number of fused-ring (bicyclic) bond motifs is 3. The molecule has 0 atom stereocenters. The number of aliphatic hydroxyl groups is 1. The summed E-state index contributed by atoms with van der Waals surface area (Å²) in [7, 11) is 1.13. The van der Waals surface area contributed by atoms with Crippen LogP contribution in [0.4, 0.5) is 0 Å². The lowest BCUT2D eigenvalue weighted by Gasteiger charge is -2.01. The Labute approximate surface area is 130 Å². The second kappa shape index (κ2) is 5.24. The van der Waals surface area contributed by atoms with Gasteiger partial charge < -0.3 is 9.84 Å². The van der Waals surface area contributed by atoms with Gasteiger partial charge >= 0.3 is 5.97 Å². The molecule has 0 amide bonds. The van der Waals surface area contributed by atoms with Gasteiger partial charge in [-0.3, -0.25) is 0 Å². The van der Waals surface area contributed by atoms with E-state index in [0.717, 1.165) is 7.11 Å². The fraction of sp³-hybridized carbons (Fsp3) is 0.0625. The lowest BCUT2D eigenvalue weighted by atomic mass is 10.1. The van der Waals surface area contributed by atoms with Crippen molar-refractivity contribution in [2.45, 2.75) is 0 Å². The van der Waals surface area contributed by atoms with Gasteiger partial charge in [-0.1, -0.05) is 24.3 Å². The number of benzene rings is 1. The van der Waals surface area contributed by atoms with E-state index < -0.39 is 11.5 Å². The summed E-state index contributed by atoms with van der Waals surface area (Å²) < 4.78 is 4.54. The zero-order valence-electron chi connectivity index (χ0n) is 11.9. The Balaban J connectivity index is 2.49. The van der Waals surface area contributed by atoms with Crippen molar-refractivity contribution in [3.63, 3.8) is 0 Å². The lowest BCUT2D eigenvalue weighted by molar-refractivity contribution is -0.133. The first kappa shape index (κ1) is 14.2. The molecule has 1 aromatic carbocycles. The number of esters is 1. The van der Waals surface area contributed by atoms with Gasteiger partial charge in [0.05, 0.1) is 7.11 Å². The number of methoxy groups -OCH3 is 1. The molecule has 23 heavy (non-hydrogen) atoms. The molecule has 2 aromatic rings. The molecule has 0 saturated heterocycles. The largest absolute Gasteiger partial charge is 0.505 e. The molecule has 1 heterocycles. The van der Waals surface area contributed by atoms with Gasteiger partial charge in [-0.15, -0.1) is 0 Å². The Bertz CT molecular complexity index is 1060. The smallest absolute Gasteiger partial charge is 0.350 e. The molecule has 7 heteroatoms. The van der Waals surface area contributed by atoms with E-state index in [1.54, 1.807) is 36.4 Å². The van der Waals surface area contributed by atoms with Crippen LogP contribution >= 0.6 is 0 Å². The van der Waals surface area contributed by atoms with Crippen LogP contribution in [-0.4, -0.2) is 28.2 Å². The normalized spacial score (nSPS) is 12.6. The van der Waals surface area contributed by atoms with E-state index >= 15 is 0 Å². The molecular weight excluding hydrogens is 296 g/mol. The molecule has 0 unspecified atom stereocenters. The summed E-state index contributed by atoms with van der Waals surface area (Å²) in [5.74, 6) is -1.000. The molecule has 1 aromatic heterocycles. The third kappa shape index (κ3) is 2.00. The molecule has 0 radical (unpaired) electrons. The first-order chi connectivity index (χ1) is 11.1. The van der Waals surface area contributed by atoms with E-state index in [9.17, 15) is 20.4 Å². The molecule has 7 nitrogen and oxygen atoms in total. The maximum absolute atomic E-state index is 11.7. The Morgan fingerprint density at radius 3 is 2.52 bits per heavy atom. The van der Waals surface area contributed by atoms with Crippen molar-refractivity contribution in [3.05, 3.63) is 46.2 Å². The Kier molecular flexibility index (Phi) is 3.25. The molecule has 1 aliphatic rings. The predicted octanol–water partition coefficient (Wildman–Crippen LogP) is -0.110. The number of nitriles is 2. The van der Waals surface area contributed by atoms with Crippen LogP contribution in [0.3, 0.4) is 0 Å². The molecule has 0 bridgehead atoms.